The zero-order valence-electron chi connectivity index (χ0n) is 22.3. The van der Waals surface area contributed by atoms with Crippen molar-refractivity contribution in [3.8, 4) is 11.5 Å². The van der Waals surface area contributed by atoms with Gasteiger partial charge in [0.05, 0.1) is 11.9 Å². The smallest absolute Gasteiger partial charge is 0.303 e. The van der Waals surface area contributed by atoms with E-state index < -0.39 is 5.97 Å². The number of benzene rings is 3. The van der Waals surface area contributed by atoms with Gasteiger partial charge in [-0.1, -0.05) is 56.7 Å². The molecule has 0 fully saturated rings. The van der Waals surface area contributed by atoms with E-state index in [9.17, 15) is 4.79 Å². The lowest BCUT2D eigenvalue weighted by molar-refractivity contribution is -0.570. The molecule has 0 radical (unpaired) electrons. The zero-order valence-corrected chi connectivity index (χ0v) is 22.3. The zero-order chi connectivity index (χ0) is 26.0. The third-order valence-electron chi connectivity index (χ3n) is 7.03. The van der Waals surface area contributed by atoms with Crippen LogP contribution in [0.4, 0.5) is 5.69 Å². The van der Waals surface area contributed by atoms with Crippen molar-refractivity contribution in [1.29, 1.82) is 0 Å². The van der Waals surface area contributed by atoms with Gasteiger partial charge in [-0.05, 0) is 50.8 Å². The minimum absolute atomic E-state index is 0.306. The highest BCUT2D eigenvalue weighted by Gasteiger charge is 2.16. The summed E-state index contributed by atoms with van der Waals surface area (Å²) in [4.78, 5) is 20.1. The number of carbonyl (C=O) groups is 1. The minimum atomic E-state index is -0.680. The predicted molar refractivity (Wildman–Crippen MR) is 149 cm³/mol. The van der Waals surface area contributed by atoms with Gasteiger partial charge in [-0.15, -0.1) is 0 Å². The molecule has 0 atom stereocenters. The Morgan fingerprint density at radius 1 is 0.946 bits per heavy atom. The number of rotatable bonds is 14. The molecule has 1 aliphatic heterocycles. The topological polar surface area (TPSA) is 92.3 Å². The summed E-state index contributed by atoms with van der Waals surface area (Å²) in [5.74, 6) is 0.0915. The third kappa shape index (κ3) is 7.16. The van der Waals surface area contributed by atoms with E-state index in [2.05, 4.69) is 53.6 Å². The number of nitrogens with zero attached hydrogens (tertiary/aromatic N) is 2. The first-order chi connectivity index (χ1) is 18.1. The third-order valence-corrected chi connectivity index (χ3v) is 7.03. The first kappa shape index (κ1) is 26.8. The molecule has 1 aliphatic carbocycles. The molecule has 1 heterocycles. The fourth-order valence-corrected chi connectivity index (χ4v) is 5.05. The van der Waals surface area contributed by atoms with Crippen LogP contribution in [0.15, 0.2) is 51.9 Å². The summed E-state index contributed by atoms with van der Waals surface area (Å²) in [7, 11) is 0. The molecule has 3 N–H and O–H groups in total. The second kappa shape index (κ2) is 13.3. The van der Waals surface area contributed by atoms with E-state index in [1.165, 1.54) is 49.6 Å². The minimum Gasteiger partial charge on any atom is -0.481 e. The van der Waals surface area contributed by atoms with Crippen molar-refractivity contribution in [1.82, 2.24) is 4.98 Å². The lowest BCUT2D eigenvalue weighted by atomic mass is 10.0. The van der Waals surface area contributed by atoms with Crippen molar-refractivity contribution in [2.45, 2.75) is 78.1 Å². The number of unbranched alkanes of at least 4 members (excludes halogenated alkanes) is 8. The van der Waals surface area contributed by atoms with Crippen LogP contribution in [0.3, 0.4) is 0 Å². The summed E-state index contributed by atoms with van der Waals surface area (Å²) in [6, 6.07) is 14.7. The van der Waals surface area contributed by atoms with Crippen LogP contribution in [0, 0.1) is 6.92 Å². The predicted octanol–water partition coefficient (Wildman–Crippen LogP) is 6.50. The molecule has 0 amide bonds. The van der Waals surface area contributed by atoms with Crippen LogP contribution >= 0.6 is 0 Å². The lowest BCUT2D eigenvalue weighted by Gasteiger charge is -2.12. The van der Waals surface area contributed by atoms with Gasteiger partial charge in [-0.25, -0.2) is 4.98 Å². The Hall–Kier alpha value is -3.25. The maximum Gasteiger partial charge on any atom is 0.303 e. The molecule has 0 saturated carbocycles. The van der Waals surface area contributed by atoms with Crippen molar-refractivity contribution < 1.29 is 19.6 Å². The molecule has 4 rings (SSSR count). The van der Waals surface area contributed by atoms with E-state index in [0.717, 1.165) is 71.2 Å². The monoisotopic (exact) mass is 502 g/mol. The van der Waals surface area contributed by atoms with Gasteiger partial charge in [0.15, 0.2) is 11.3 Å². The molecule has 2 aliphatic rings. The number of nitrogens with two attached hydrogens (primary N) is 1. The molecular weight excluding hydrogens is 462 g/mol. The van der Waals surface area contributed by atoms with E-state index in [1.54, 1.807) is 0 Å². The SMILES string of the molecule is CCN=c1cc2oc3cc([NH2+]CCCCCCCCCCCC(=O)O)c4ccccc4c3nc-2cc1C. The van der Waals surface area contributed by atoms with Crippen LogP contribution in [-0.4, -0.2) is 29.1 Å². The quantitative estimate of drug-likeness (QED) is 0.0891. The molecule has 0 aromatic heterocycles. The number of aryl methyl sites for hydroxylation is 1. The van der Waals surface area contributed by atoms with Gasteiger partial charge >= 0.3 is 5.97 Å². The van der Waals surface area contributed by atoms with E-state index in [4.69, 9.17) is 14.5 Å². The van der Waals surface area contributed by atoms with Gasteiger partial charge in [-0.2, -0.15) is 0 Å². The second-order valence-corrected chi connectivity index (χ2v) is 9.97. The van der Waals surface area contributed by atoms with E-state index in [0.29, 0.717) is 6.42 Å². The molecule has 196 valence electrons. The Morgan fingerprint density at radius 3 is 2.32 bits per heavy atom. The normalized spacial score (nSPS) is 12.2. The first-order valence-electron chi connectivity index (χ1n) is 13.9. The number of fused-ring (bicyclic) bond motifs is 4. The van der Waals surface area contributed by atoms with Gasteiger partial charge in [0, 0.05) is 35.9 Å². The van der Waals surface area contributed by atoms with Crippen molar-refractivity contribution in [2.75, 3.05) is 13.1 Å². The summed E-state index contributed by atoms with van der Waals surface area (Å²) < 4.78 is 6.38. The number of hydrogen-bond acceptors (Lipinski definition) is 4. The van der Waals surface area contributed by atoms with Crippen LogP contribution < -0.4 is 10.7 Å². The fourth-order valence-electron chi connectivity index (χ4n) is 5.05. The van der Waals surface area contributed by atoms with Crippen LogP contribution in [0.2, 0.25) is 0 Å². The van der Waals surface area contributed by atoms with Crippen LogP contribution in [0.25, 0.3) is 33.3 Å². The van der Waals surface area contributed by atoms with Crippen molar-refractivity contribution in [2.24, 2.45) is 4.99 Å². The van der Waals surface area contributed by atoms with Crippen LogP contribution in [0.5, 0.6) is 0 Å². The molecular formula is C31H40N3O3+. The summed E-state index contributed by atoms with van der Waals surface area (Å²) in [6.45, 7) is 5.90. The fraction of sp³-hybridized carbons (Fsp3) is 0.452. The van der Waals surface area contributed by atoms with Gasteiger partial charge in [0.1, 0.15) is 16.9 Å². The van der Waals surface area contributed by atoms with Crippen molar-refractivity contribution >= 4 is 33.5 Å². The largest absolute Gasteiger partial charge is 0.481 e. The van der Waals surface area contributed by atoms with Gasteiger partial charge in [0.25, 0.3) is 0 Å². The Kier molecular flexibility index (Phi) is 9.66. The molecule has 0 saturated heterocycles. The number of carboxylic acids is 1. The highest BCUT2D eigenvalue weighted by Crippen LogP contribution is 2.32. The Bertz CT molecular complexity index is 1380. The van der Waals surface area contributed by atoms with E-state index in [-0.39, 0.29) is 0 Å². The van der Waals surface area contributed by atoms with Crippen LogP contribution in [-0.2, 0) is 4.79 Å². The number of hydrogen-bond donors (Lipinski definition) is 2. The van der Waals surface area contributed by atoms with Crippen molar-refractivity contribution in [3.05, 3.63) is 53.4 Å². The number of aliphatic carboxylic acids is 1. The summed E-state index contributed by atoms with van der Waals surface area (Å²) in [5, 5.41) is 14.3. The molecule has 6 heteroatoms. The molecule has 0 unspecified atom stereocenters. The van der Waals surface area contributed by atoms with E-state index in [1.807, 2.05) is 13.0 Å². The Balaban J connectivity index is 1.37. The molecule has 37 heavy (non-hydrogen) atoms. The maximum atomic E-state index is 10.5. The van der Waals surface area contributed by atoms with Gasteiger partial charge in [0.2, 0.25) is 0 Å². The summed E-state index contributed by atoms with van der Waals surface area (Å²) >= 11 is 0. The highest BCUT2D eigenvalue weighted by atomic mass is 16.4. The Morgan fingerprint density at radius 2 is 1.62 bits per heavy atom. The molecule has 0 spiro atoms. The first-order valence-corrected chi connectivity index (χ1v) is 13.9. The summed E-state index contributed by atoms with van der Waals surface area (Å²) in [6.07, 6.45) is 10.7. The molecule has 6 nitrogen and oxygen atoms in total. The lowest BCUT2D eigenvalue weighted by Crippen LogP contribution is -2.78. The molecule has 0 bridgehead atoms. The Labute approximate surface area is 219 Å². The van der Waals surface area contributed by atoms with Gasteiger partial charge < -0.3 is 14.8 Å². The summed E-state index contributed by atoms with van der Waals surface area (Å²) in [5.41, 5.74) is 4.90. The average Bonchev–Trinajstić information content (AvgIpc) is 2.89. The molecule has 2 aromatic carbocycles. The highest BCUT2D eigenvalue weighted by molar-refractivity contribution is 6.08. The maximum absolute atomic E-state index is 10.5. The van der Waals surface area contributed by atoms with Crippen molar-refractivity contribution in [3.63, 3.8) is 0 Å². The average molecular weight is 503 g/mol. The van der Waals surface area contributed by atoms with Gasteiger partial charge in [-0.3, -0.25) is 9.79 Å². The number of carboxylic acid groups (broad SMARTS) is 1. The van der Waals surface area contributed by atoms with Crippen LogP contribution in [0.1, 0.15) is 76.7 Å². The number of quaternary nitrogens is 1. The second-order valence-electron chi connectivity index (χ2n) is 9.97. The number of aromatic nitrogens is 1. The molecule has 2 aromatic rings. The standard InChI is InChI=1S/C31H39N3O3/c1-3-32-25-20-28-27(19-22(25)2)34-31-24-16-13-12-15-23(24)26(21-29(31)37-28)33-18-14-10-8-6-4-5-7-9-11-17-30(35)36/h12-13,15-16,19-21,33H,3-11,14,17-18H2,1-2H3,(H,35,36)/p+1. The van der Waals surface area contributed by atoms with E-state index >= 15 is 0 Å².